The van der Waals surface area contributed by atoms with E-state index in [9.17, 15) is 4.39 Å². The number of nitrogens with zero attached hydrogens (tertiary/aromatic N) is 1. The van der Waals surface area contributed by atoms with E-state index in [1.807, 2.05) is 0 Å². The molecule has 0 radical (unpaired) electrons. The van der Waals surface area contributed by atoms with E-state index in [1.54, 1.807) is 6.07 Å². The van der Waals surface area contributed by atoms with Gasteiger partial charge < -0.3 is 16.3 Å². The molecule has 21 heavy (non-hydrogen) atoms. The standard InChI is InChI=1S/C16H24FN3O/c17-13-9-8-12(15(10-13)16(18)20-21)11-19-14-6-4-2-1-3-5-7-14/h8-10,14,19,21H,1-7,11H2,(H2,18,20). The predicted octanol–water partition coefficient (Wildman–Crippen LogP) is 3.12. The van der Waals surface area contributed by atoms with Gasteiger partial charge in [-0.15, -0.1) is 0 Å². The molecule has 4 nitrogen and oxygen atoms in total. The van der Waals surface area contributed by atoms with Crippen LogP contribution < -0.4 is 11.1 Å². The van der Waals surface area contributed by atoms with E-state index in [1.165, 1.54) is 57.1 Å². The van der Waals surface area contributed by atoms with Crippen molar-refractivity contribution in [3.63, 3.8) is 0 Å². The van der Waals surface area contributed by atoms with Gasteiger partial charge in [0, 0.05) is 18.2 Å². The van der Waals surface area contributed by atoms with Crippen LogP contribution in [0.4, 0.5) is 4.39 Å². The van der Waals surface area contributed by atoms with Crippen LogP contribution in [0, 0.1) is 5.82 Å². The normalized spacial score (nSPS) is 18.2. The van der Waals surface area contributed by atoms with E-state index in [-0.39, 0.29) is 11.7 Å². The zero-order valence-corrected chi connectivity index (χ0v) is 12.3. The summed E-state index contributed by atoms with van der Waals surface area (Å²) in [5.41, 5.74) is 6.93. The van der Waals surface area contributed by atoms with Gasteiger partial charge in [0.2, 0.25) is 0 Å². The number of halogens is 1. The molecule has 1 aromatic carbocycles. The molecule has 2 rings (SSSR count). The fourth-order valence-corrected chi connectivity index (χ4v) is 2.91. The molecule has 0 unspecified atom stereocenters. The van der Waals surface area contributed by atoms with Gasteiger partial charge in [-0.3, -0.25) is 0 Å². The molecule has 0 atom stereocenters. The number of nitrogens with two attached hydrogens (primary N) is 1. The average Bonchev–Trinajstić information content (AvgIpc) is 2.46. The Bertz CT molecular complexity index is 482. The molecule has 1 saturated carbocycles. The molecule has 116 valence electrons. The third-order valence-corrected chi connectivity index (χ3v) is 4.14. The maximum Gasteiger partial charge on any atom is 0.170 e. The Hall–Kier alpha value is -1.62. The first-order valence-electron chi connectivity index (χ1n) is 7.70. The zero-order valence-electron chi connectivity index (χ0n) is 12.3. The fourth-order valence-electron chi connectivity index (χ4n) is 2.91. The minimum atomic E-state index is -0.383. The number of nitrogens with one attached hydrogen (secondary N) is 1. The molecule has 0 saturated heterocycles. The number of oxime groups is 1. The van der Waals surface area contributed by atoms with Gasteiger partial charge in [-0.1, -0.05) is 43.3 Å². The van der Waals surface area contributed by atoms with Gasteiger partial charge in [-0.05, 0) is 30.5 Å². The summed E-state index contributed by atoms with van der Waals surface area (Å²) in [6.07, 6.45) is 8.84. The maximum atomic E-state index is 13.3. The molecule has 0 heterocycles. The van der Waals surface area contributed by atoms with E-state index in [2.05, 4.69) is 10.5 Å². The third-order valence-electron chi connectivity index (χ3n) is 4.14. The van der Waals surface area contributed by atoms with E-state index < -0.39 is 0 Å². The first-order valence-corrected chi connectivity index (χ1v) is 7.70. The average molecular weight is 293 g/mol. The summed E-state index contributed by atoms with van der Waals surface area (Å²) in [6, 6.07) is 4.90. The Balaban J connectivity index is 2.01. The summed E-state index contributed by atoms with van der Waals surface area (Å²) >= 11 is 0. The Morgan fingerprint density at radius 2 is 1.90 bits per heavy atom. The topological polar surface area (TPSA) is 70.6 Å². The van der Waals surface area contributed by atoms with Crippen molar-refractivity contribution in [2.24, 2.45) is 10.9 Å². The fraction of sp³-hybridized carbons (Fsp3) is 0.562. The number of amidine groups is 1. The molecule has 0 bridgehead atoms. The van der Waals surface area contributed by atoms with Gasteiger partial charge in [-0.25, -0.2) is 4.39 Å². The molecule has 4 N–H and O–H groups in total. The Morgan fingerprint density at radius 1 is 1.24 bits per heavy atom. The van der Waals surface area contributed by atoms with Crippen molar-refractivity contribution in [3.05, 3.63) is 35.1 Å². The minimum absolute atomic E-state index is 0.0519. The number of hydrogen-bond donors (Lipinski definition) is 3. The third kappa shape index (κ3) is 4.70. The lowest BCUT2D eigenvalue weighted by molar-refractivity contribution is 0.318. The van der Waals surface area contributed by atoms with Crippen LogP contribution in [0.25, 0.3) is 0 Å². The van der Waals surface area contributed by atoms with Crippen LogP contribution >= 0.6 is 0 Å². The smallest absolute Gasteiger partial charge is 0.170 e. The largest absolute Gasteiger partial charge is 0.409 e. The van der Waals surface area contributed by atoms with Crippen LogP contribution in [-0.4, -0.2) is 17.1 Å². The monoisotopic (exact) mass is 293 g/mol. The Morgan fingerprint density at radius 3 is 2.57 bits per heavy atom. The SMILES string of the molecule is NC(=NO)c1cc(F)ccc1CNC1CCCCCCC1. The lowest BCUT2D eigenvalue weighted by Crippen LogP contribution is -2.30. The van der Waals surface area contributed by atoms with Crippen molar-refractivity contribution >= 4 is 5.84 Å². The molecule has 0 spiro atoms. The van der Waals surface area contributed by atoms with Gasteiger partial charge in [-0.2, -0.15) is 0 Å². The van der Waals surface area contributed by atoms with E-state index >= 15 is 0 Å². The molecule has 5 heteroatoms. The minimum Gasteiger partial charge on any atom is -0.409 e. The lowest BCUT2D eigenvalue weighted by atomic mass is 9.96. The van der Waals surface area contributed by atoms with Crippen LogP contribution in [0.15, 0.2) is 23.4 Å². The zero-order chi connectivity index (χ0) is 15.1. The summed E-state index contributed by atoms with van der Waals surface area (Å²) in [6.45, 7) is 0.608. The highest BCUT2D eigenvalue weighted by Gasteiger charge is 2.13. The van der Waals surface area contributed by atoms with Crippen LogP contribution in [0.5, 0.6) is 0 Å². The molecule has 1 aliphatic carbocycles. The molecular weight excluding hydrogens is 269 g/mol. The number of hydrogen-bond acceptors (Lipinski definition) is 3. The second-order valence-electron chi connectivity index (χ2n) is 5.71. The van der Waals surface area contributed by atoms with Crippen LogP contribution in [0.3, 0.4) is 0 Å². The van der Waals surface area contributed by atoms with E-state index in [0.717, 1.165) is 5.56 Å². The van der Waals surface area contributed by atoms with Crippen molar-refractivity contribution in [1.82, 2.24) is 5.32 Å². The van der Waals surface area contributed by atoms with Crippen molar-refractivity contribution in [2.45, 2.75) is 57.5 Å². The summed E-state index contributed by atoms with van der Waals surface area (Å²) in [4.78, 5) is 0. The van der Waals surface area contributed by atoms with Crippen molar-refractivity contribution in [3.8, 4) is 0 Å². The van der Waals surface area contributed by atoms with Crippen LogP contribution in [0.2, 0.25) is 0 Å². The van der Waals surface area contributed by atoms with Gasteiger partial charge in [0.05, 0.1) is 0 Å². The van der Waals surface area contributed by atoms with Gasteiger partial charge in [0.1, 0.15) is 5.82 Å². The highest BCUT2D eigenvalue weighted by Crippen LogP contribution is 2.18. The number of benzene rings is 1. The molecule has 1 aromatic rings. The number of rotatable bonds is 4. The Labute approximate surface area is 125 Å². The maximum absolute atomic E-state index is 13.3. The second-order valence-corrected chi connectivity index (χ2v) is 5.71. The summed E-state index contributed by atoms with van der Waals surface area (Å²) in [5, 5.41) is 15.3. The molecule has 0 amide bonds. The molecule has 1 aliphatic rings. The summed E-state index contributed by atoms with van der Waals surface area (Å²) < 4.78 is 13.3. The van der Waals surface area contributed by atoms with E-state index in [0.29, 0.717) is 18.2 Å². The molecule has 0 aromatic heterocycles. The highest BCUT2D eigenvalue weighted by atomic mass is 19.1. The van der Waals surface area contributed by atoms with Crippen molar-refractivity contribution in [1.29, 1.82) is 0 Å². The summed E-state index contributed by atoms with van der Waals surface area (Å²) in [5.74, 6) is -0.435. The highest BCUT2D eigenvalue weighted by molar-refractivity contribution is 5.98. The molecule has 1 fully saturated rings. The van der Waals surface area contributed by atoms with Crippen LogP contribution in [-0.2, 0) is 6.54 Å². The van der Waals surface area contributed by atoms with Crippen molar-refractivity contribution < 1.29 is 9.60 Å². The van der Waals surface area contributed by atoms with Gasteiger partial charge in [0.15, 0.2) is 5.84 Å². The first kappa shape index (κ1) is 15.8. The Kier molecular flexibility index (Phi) is 5.99. The second kappa shape index (κ2) is 7.98. The summed E-state index contributed by atoms with van der Waals surface area (Å²) in [7, 11) is 0. The molecular formula is C16H24FN3O. The van der Waals surface area contributed by atoms with Crippen molar-refractivity contribution in [2.75, 3.05) is 0 Å². The molecule has 0 aliphatic heterocycles. The first-order chi connectivity index (χ1) is 10.2. The lowest BCUT2D eigenvalue weighted by Gasteiger charge is -2.21. The quantitative estimate of drug-likeness (QED) is 0.346. The predicted molar refractivity (Wildman–Crippen MR) is 81.9 cm³/mol. The van der Waals surface area contributed by atoms with Crippen LogP contribution in [0.1, 0.15) is 56.1 Å². The van der Waals surface area contributed by atoms with E-state index in [4.69, 9.17) is 10.9 Å². The van der Waals surface area contributed by atoms with Gasteiger partial charge in [0.25, 0.3) is 0 Å². The van der Waals surface area contributed by atoms with Gasteiger partial charge >= 0.3 is 0 Å².